The third kappa shape index (κ3) is 10.2. The molecular formula is C48H62N8O8. The van der Waals surface area contributed by atoms with Crippen LogP contribution in [0.25, 0.3) is 33.3 Å². The number of methoxy groups -OCH3 is 1. The molecule has 6 bridgehead atoms. The van der Waals surface area contributed by atoms with Crippen LogP contribution < -0.4 is 16.1 Å². The van der Waals surface area contributed by atoms with Crippen LogP contribution in [0.15, 0.2) is 59.9 Å². The summed E-state index contributed by atoms with van der Waals surface area (Å²) >= 11 is 0. The molecule has 0 saturated carbocycles. The van der Waals surface area contributed by atoms with Gasteiger partial charge in [-0.25, -0.2) is 10.4 Å². The van der Waals surface area contributed by atoms with Gasteiger partial charge in [0.2, 0.25) is 11.8 Å². The Balaban J connectivity index is 1.28. The van der Waals surface area contributed by atoms with Gasteiger partial charge in [-0.05, 0) is 90.3 Å². The number of rotatable bonds is 11. The first-order valence-corrected chi connectivity index (χ1v) is 22.3. The molecule has 3 amide bonds. The molecule has 4 aromatic rings. The maximum Gasteiger partial charge on any atom is 0.324 e. The molecule has 0 aliphatic carbocycles. The predicted octanol–water partition coefficient (Wildman–Crippen LogP) is 4.74. The van der Waals surface area contributed by atoms with E-state index in [2.05, 4.69) is 63.5 Å². The number of pyridine rings is 1. The first-order chi connectivity index (χ1) is 30.7. The Hall–Kier alpha value is -6.00. The van der Waals surface area contributed by atoms with E-state index in [0.29, 0.717) is 63.7 Å². The lowest BCUT2D eigenvalue weighted by Gasteiger charge is -2.36. The normalized spacial score (nSPS) is 19.4. The Morgan fingerprint density at radius 1 is 1.11 bits per heavy atom. The van der Waals surface area contributed by atoms with Crippen molar-refractivity contribution < 1.29 is 38.5 Å². The van der Waals surface area contributed by atoms with Crippen LogP contribution >= 0.6 is 0 Å². The number of hydrazine groups is 1. The fourth-order valence-electron chi connectivity index (χ4n) is 9.16. The average molecular weight is 879 g/mol. The summed E-state index contributed by atoms with van der Waals surface area (Å²) in [7, 11) is 3.26. The zero-order valence-corrected chi connectivity index (χ0v) is 38.0. The number of cyclic esters (lactones) is 1. The number of hydrogen-bond donors (Lipinski definition) is 4. The molecule has 16 heteroatoms. The van der Waals surface area contributed by atoms with E-state index >= 15 is 0 Å². The molecule has 1 saturated heterocycles. The Morgan fingerprint density at radius 3 is 2.66 bits per heavy atom. The largest absolute Gasteiger partial charge is 0.508 e. The molecule has 1 fully saturated rings. The van der Waals surface area contributed by atoms with Crippen molar-refractivity contribution in [2.75, 3.05) is 47.0 Å². The summed E-state index contributed by atoms with van der Waals surface area (Å²) in [5.41, 5.74) is 9.80. The van der Waals surface area contributed by atoms with Gasteiger partial charge in [0.05, 0.1) is 25.5 Å². The van der Waals surface area contributed by atoms with E-state index in [0.717, 1.165) is 44.4 Å². The molecule has 2 aromatic heterocycles. The number of esters is 1. The van der Waals surface area contributed by atoms with Crippen LogP contribution in [0.1, 0.15) is 70.6 Å². The quantitative estimate of drug-likeness (QED) is 0.153. The predicted molar refractivity (Wildman–Crippen MR) is 243 cm³/mol. The summed E-state index contributed by atoms with van der Waals surface area (Å²) in [4.78, 5) is 66.5. The topological polar surface area (TPSA) is 189 Å². The van der Waals surface area contributed by atoms with Gasteiger partial charge in [-0.2, -0.15) is 0 Å². The number of aromatic nitrogens is 2. The molecule has 0 spiro atoms. The number of nitrogens with one attached hydrogen (secondary N) is 3. The summed E-state index contributed by atoms with van der Waals surface area (Å²) in [6, 6.07) is 11.0. The van der Waals surface area contributed by atoms with Crippen LogP contribution in [0.5, 0.6) is 5.75 Å². The van der Waals surface area contributed by atoms with Crippen molar-refractivity contribution in [2.45, 2.75) is 98.0 Å². The van der Waals surface area contributed by atoms with E-state index < -0.39 is 41.3 Å². The Morgan fingerprint density at radius 2 is 1.92 bits per heavy atom. The number of aliphatic imine (C=N–C) groups is 1. The van der Waals surface area contributed by atoms with E-state index in [4.69, 9.17) is 14.2 Å². The van der Waals surface area contributed by atoms with Gasteiger partial charge in [-0.3, -0.25) is 29.2 Å². The summed E-state index contributed by atoms with van der Waals surface area (Å²) in [6.07, 6.45) is 5.27. The van der Waals surface area contributed by atoms with E-state index in [9.17, 15) is 24.3 Å². The maximum absolute atomic E-state index is 14.6. The molecule has 3 aliphatic rings. The third-order valence-electron chi connectivity index (χ3n) is 12.2. The van der Waals surface area contributed by atoms with Gasteiger partial charge in [0.25, 0.3) is 11.9 Å². The fraction of sp³-hybridized carbons (Fsp3) is 0.500. The molecule has 3 aliphatic heterocycles. The van der Waals surface area contributed by atoms with Crippen molar-refractivity contribution in [3.8, 4) is 28.1 Å². The first kappa shape index (κ1) is 46.0. The molecule has 342 valence electrons. The van der Waals surface area contributed by atoms with Gasteiger partial charge in [0.1, 0.15) is 30.5 Å². The maximum atomic E-state index is 14.6. The minimum Gasteiger partial charge on any atom is -0.508 e. The highest BCUT2D eigenvalue weighted by Crippen LogP contribution is 2.41. The highest BCUT2D eigenvalue weighted by molar-refractivity contribution is 5.96. The molecule has 16 nitrogen and oxygen atoms in total. The lowest BCUT2D eigenvalue weighted by molar-refractivity contribution is -0.155. The monoisotopic (exact) mass is 878 g/mol. The van der Waals surface area contributed by atoms with E-state index in [-0.39, 0.29) is 43.6 Å². The fourth-order valence-corrected chi connectivity index (χ4v) is 9.16. The van der Waals surface area contributed by atoms with Crippen LogP contribution in [-0.2, 0) is 59.4 Å². The number of ether oxygens (including phenoxy) is 3. The van der Waals surface area contributed by atoms with Crippen LogP contribution in [0.4, 0.5) is 0 Å². The minimum absolute atomic E-state index is 0.000798. The first-order valence-electron chi connectivity index (χ1n) is 22.3. The van der Waals surface area contributed by atoms with Gasteiger partial charge >= 0.3 is 5.97 Å². The van der Waals surface area contributed by atoms with Crippen molar-refractivity contribution in [2.24, 2.45) is 16.3 Å². The number of carbonyl (C=O) groups is 4. The second-order valence-corrected chi connectivity index (χ2v) is 18.1. The number of likely N-dealkylation sites (N-methyl/N-ethyl adjacent to an activating group) is 1. The van der Waals surface area contributed by atoms with Crippen LogP contribution in [0.3, 0.4) is 0 Å². The number of carbonyl (C=O) groups excluding carboxylic acids is 4. The molecule has 2 aromatic carbocycles. The van der Waals surface area contributed by atoms with E-state index in [1.165, 1.54) is 9.91 Å². The zero-order valence-electron chi connectivity index (χ0n) is 38.0. The average Bonchev–Trinajstić information content (AvgIpc) is 3.90. The molecule has 5 heterocycles. The number of amides is 3. The van der Waals surface area contributed by atoms with Crippen molar-refractivity contribution >= 4 is 40.6 Å². The molecule has 4 N–H and O–H groups in total. The SMILES string of the molecule is CCn1c(-c2cnccc2COC)c2c3cc(ccc31)-c1cc(O)cc(c1)C[C@H](NC(=O)[C@H](C(C)C)N(C)C(=O)CCNC1=NCCO1)C(=O)N1CCC[C@H](N1)C(=O)OCC(C)(C)C2. The molecule has 3 atom stereocenters. The van der Waals surface area contributed by atoms with Crippen molar-refractivity contribution in [3.63, 3.8) is 0 Å². The van der Waals surface area contributed by atoms with E-state index in [1.54, 1.807) is 32.5 Å². The number of phenols is 1. The second-order valence-electron chi connectivity index (χ2n) is 18.1. The summed E-state index contributed by atoms with van der Waals surface area (Å²) in [6.45, 7) is 12.8. The lowest BCUT2D eigenvalue weighted by atomic mass is 9.84. The smallest absolute Gasteiger partial charge is 0.324 e. The number of aryl methyl sites for hydroxylation is 1. The standard InChI is InChI=1S/C48H62N8O8/c1-8-55-40-12-11-31-24-35(40)36(43(55)37-26-49-15-13-32(37)27-62-7)25-48(4,5)28-64-46(61)38-10-9-18-56(53-38)45(60)39(22-30-20-33(31)23-34(57)21-30)52-44(59)42(29(2)3)54(6)41(58)14-16-50-47-51-17-19-63-47/h11-13,15,20-21,23-24,26,29,38-39,42,53,57H,8-10,14,16-19,22,25,27-28H2,1-7H3,(H,50,51)(H,52,59)/t38-,39-,42-/m0/s1. The Labute approximate surface area is 374 Å². The zero-order chi connectivity index (χ0) is 45.7. The number of benzene rings is 2. The van der Waals surface area contributed by atoms with Gasteiger partial charge in [-0.1, -0.05) is 39.8 Å². The van der Waals surface area contributed by atoms with Crippen molar-refractivity contribution in [1.29, 1.82) is 0 Å². The van der Waals surface area contributed by atoms with Gasteiger partial charge < -0.3 is 39.4 Å². The highest BCUT2D eigenvalue weighted by atomic mass is 16.5. The summed E-state index contributed by atoms with van der Waals surface area (Å²) in [5, 5.41) is 19.7. The number of aromatic hydroxyl groups is 1. The third-order valence-corrected chi connectivity index (χ3v) is 12.2. The van der Waals surface area contributed by atoms with Gasteiger partial charge in [0, 0.05) is 80.9 Å². The van der Waals surface area contributed by atoms with Crippen LogP contribution in [0.2, 0.25) is 0 Å². The molecule has 0 unspecified atom stereocenters. The number of amidine groups is 1. The van der Waals surface area contributed by atoms with Crippen LogP contribution in [0, 0.1) is 11.3 Å². The molecule has 7 rings (SSSR count). The van der Waals surface area contributed by atoms with E-state index in [1.807, 2.05) is 38.2 Å². The van der Waals surface area contributed by atoms with Crippen molar-refractivity contribution in [3.05, 3.63) is 71.5 Å². The lowest BCUT2D eigenvalue weighted by Crippen LogP contribution is -2.62. The number of hydrogen-bond acceptors (Lipinski definition) is 12. The second kappa shape index (κ2) is 19.8. The molecule has 0 radical (unpaired) electrons. The Bertz CT molecular complexity index is 2410. The van der Waals surface area contributed by atoms with Crippen molar-refractivity contribution in [1.82, 2.24) is 35.5 Å². The summed E-state index contributed by atoms with van der Waals surface area (Å²) < 4.78 is 19.4. The van der Waals surface area contributed by atoms with Crippen LogP contribution in [-0.4, -0.2) is 119 Å². The van der Waals surface area contributed by atoms with Gasteiger partial charge in [0.15, 0.2) is 0 Å². The number of phenolic OH excluding ortho intramolecular Hbond substituents is 1. The Kier molecular flexibility index (Phi) is 14.2. The highest BCUT2D eigenvalue weighted by Gasteiger charge is 2.38. The molecule has 64 heavy (non-hydrogen) atoms. The number of fused-ring (bicyclic) bond motifs is 6. The molecular weight excluding hydrogens is 817 g/mol. The summed E-state index contributed by atoms with van der Waals surface area (Å²) in [5.74, 6) is -2.02. The van der Waals surface area contributed by atoms with Gasteiger partial charge in [-0.15, -0.1) is 0 Å². The minimum atomic E-state index is -1.14. The number of nitrogens with zero attached hydrogens (tertiary/aromatic N) is 5.